The molecule has 1 aliphatic rings. The summed E-state index contributed by atoms with van der Waals surface area (Å²) in [6.45, 7) is 5.95. The number of amides is 2. The number of nitrogens with zero attached hydrogens (tertiary/aromatic N) is 5. The van der Waals surface area contributed by atoms with E-state index in [0.717, 1.165) is 16.5 Å². The number of carbonyl (C=O) groups is 2. The Labute approximate surface area is 186 Å². The number of aliphatic hydroxyl groups excluding tert-OH is 1. The zero-order valence-corrected chi connectivity index (χ0v) is 18.7. The Bertz CT molecular complexity index is 1150. The lowest BCUT2D eigenvalue weighted by atomic mass is 9.85. The SMILES string of the molecule is CNC(=O)[C@@H]1C[C@@H](O)CN1C(=O)[C@@H](n1cc(-c2ccc3ncccc3c2)nn1)C(C)(C)C. The number of likely N-dealkylation sites (tertiary alicyclic amines) is 1. The van der Waals surface area contributed by atoms with Gasteiger partial charge in [0.25, 0.3) is 0 Å². The van der Waals surface area contributed by atoms with Crippen molar-refractivity contribution in [3.05, 3.63) is 42.7 Å². The van der Waals surface area contributed by atoms with Gasteiger partial charge in [-0.15, -0.1) is 5.10 Å². The molecule has 3 heterocycles. The quantitative estimate of drug-likeness (QED) is 0.645. The van der Waals surface area contributed by atoms with Crippen LogP contribution in [-0.2, 0) is 9.59 Å². The molecule has 2 N–H and O–H groups in total. The highest BCUT2D eigenvalue weighted by Crippen LogP contribution is 2.35. The third-order valence-corrected chi connectivity index (χ3v) is 5.84. The summed E-state index contributed by atoms with van der Waals surface area (Å²) in [6, 6.07) is 8.31. The first-order valence-corrected chi connectivity index (χ1v) is 10.7. The number of hydrogen-bond acceptors (Lipinski definition) is 6. The summed E-state index contributed by atoms with van der Waals surface area (Å²) in [5, 5.41) is 22.3. The molecule has 2 amide bonds. The molecule has 0 spiro atoms. The Hall–Kier alpha value is -3.33. The summed E-state index contributed by atoms with van der Waals surface area (Å²) in [7, 11) is 1.53. The molecular formula is C23H28N6O3. The van der Waals surface area contributed by atoms with Crippen molar-refractivity contribution in [3.8, 4) is 11.3 Å². The van der Waals surface area contributed by atoms with Gasteiger partial charge in [-0.2, -0.15) is 0 Å². The maximum atomic E-state index is 13.6. The smallest absolute Gasteiger partial charge is 0.248 e. The van der Waals surface area contributed by atoms with Crippen LogP contribution in [0.5, 0.6) is 0 Å². The van der Waals surface area contributed by atoms with Gasteiger partial charge in [-0.3, -0.25) is 14.6 Å². The molecule has 9 heteroatoms. The molecule has 3 aromatic rings. The van der Waals surface area contributed by atoms with E-state index < -0.39 is 23.6 Å². The van der Waals surface area contributed by atoms with Crippen molar-refractivity contribution in [1.82, 2.24) is 30.2 Å². The molecule has 0 aliphatic carbocycles. The third kappa shape index (κ3) is 4.08. The number of aromatic nitrogens is 4. The number of pyridine rings is 1. The van der Waals surface area contributed by atoms with Gasteiger partial charge in [-0.05, 0) is 23.6 Å². The molecule has 1 aromatic carbocycles. The monoisotopic (exact) mass is 436 g/mol. The number of fused-ring (bicyclic) bond motifs is 1. The topological polar surface area (TPSA) is 113 Å². The Kier molecular flexibility index (Phi) is 5.68. The number of β-amino-alcohol motifs (C(OH)–C–C–N with tert-alkyl or cyclic N) is 1. The van der Waals surface area contributed by atoms with Crippen molar-refractivity contribution in [2.24, 2.45) is 5.41 Å². The van der Waals surface area contributed by atoms with Gasteiger partial charge >= 0.3 is 0 Å². The van der Waals surface area contributed by atoms with Crippen LogP contribution in [0.2, 0.25) is 0 Å². The molecule has 0 saturated carbocycles. The second-order valence-corrected chi connectivity index (χ2v) is 9.27. The second-order valence-electron chi connectivity index (χ2n) is 9.27. The predicted molar refractivity (Wildman–Crippen MR) is 119 cm³/mol. The molecule has 2 aromatic heterocycles. The zero-order chi connectivity index (χ0) is 23.0. The fourth-order valence-electron chi connectivity index (χ4n) is 4.28. The molecule has 0 unspecified atom stereocenters. The number of carbonyl (C=O) groups excluding carboxylic acids is 2. The van der Waals surface area contributed by atoms with E-state index in [1.165, 1.54) is 11.9 Å². The maximum Gasteiger partial charge on any atom is 0.248 e. The minimum Gasteiger partial charge on any atom is -0.391 e. The summed E-state index contributed by atoms with van der Waals surface area (Å²) >= 11 is 0. The van der Waals surface area contributed by atoms with E-state index in [2.05, 4.69) is 20.6 Å². The van der Waals surface area contributed by atoms with E-state index in [-0.39, 0.29) is 24.8 Å². The molecule has 168 valence electrons. The molecule has 32 heavy (non-hydrogen) atoms. The number of benzene rings is 1. The molecule has 1 fully saturated rings. The van der Waals surface area contributed by atoms with Crippen molar-refractivity contribution in [1.29, 1.82) is 0 Å². The molecule has 3 atom stereocenters. The van der Waals surface area contributed by atoms with Crippen LogP contribution in [-0.4, -0.2) is 67.5 Å². The molecule has 1 aliphatic heterocycles. The fourth-order valence-corrected chi connectivity index (χ4v) is 4.28. The number of aliphatic hydroxyl groups is 1. The van der Waals surface area contributed by atoms with Gasteiger partial charge in [-0.25, -0.2) is 4.68 Å². The first-order valence-electron chi connectivity index (χ1n) is 10.7. The van der Waals surface area contributed by atoms with E-state index in [1.807, 2.05) is 51.1 Å². The summed E-state index contributed by atoms with van der Waals surface area (Å²) in [5.41, 5.74) is 1.90. The van der Waals surface area contributed by atoms with Gasteiger partial charge in [0, 0.05) is 37.2 Å². The van der Waals surface area contributed by atoms with Crippen molar-refractivity contribution >= 4 is 22.7 Å². The number of hydrogen-bond donors (Lipinski definition) is 2. The van der Waals surface area contributed by atoms with Crippen LogP contribution in [0.15, 0.2) is 42.7 Å². The number of nitrogens with one attached hydrogen (secondary N) is 1. The molecule has 9 nitrogen and oxygen atoms in total. The molecule has 0 bridgehead atoms. The van der Waals surface area contributed by atoms with E-state index in [9.17, 15) is 14.7 Å². The van der Waals surface area contributed by atoms with Crippen molar-refractivity contribution in [2.45, 2.75) is 45.4 Å². The molecule has 4 rings (SSSR count). The van der Waals surface area contributed by atoms with Gasteiger partial charge in [0.05, 0.1) is 17.8 Å². The van der Waals surface area contributed by atoms with Gasteiger partial charge in [-0.1, -0.05) is 38.1 Å². The Balaban J connectivity index is 1.68. The Morgan fingerprint density at radius 2 is 2.03 bits per heavy atom. The summed E-state index contributed by atoms with van der Waals surface area (Å²) in [5.74, 6) is -0.548. The molecule has 1 saturated heterocycles. The van der Waals surface area contributed by atoms with E-state index in [0.29, 0.717) is 5.69 Å². The first-order chi connectivity index (χ1) is 15.2. The highest BCUT2D eigenvalue weighted by molar-refractivity contribution is 5.90. The standard InChI is InChI=1S/C23H28N6O3/c1-23(2,3)20(22(32)28-12-16(30)11-19(28)21(31)24-4)29-13-18(26-27-29)15-7-8-17-14(10-15)6-5-9-25-17/h5-10,13,16,19-20,30H,11-12H2,1-4H3,(H,24,31)/t16-,19+,20-/m1/s1. The average Bonchev–Trinajstić information content (AvgIpc) is 3.39. The normalized spacial score (nSPS) is 19.8. The van der Waals surface area contributed by atoms with Crippen molar-refractivity contribution < 1.29 is 14.7 Å². The van der Waals surface area contributed by atoms with Crippen LogP contribution in [0, 0.1) is 5.41 Å². The minimum atomic E-state index is -0.737. The lowest BCUT2D eigenvalue weighted by Crippen LogP contribution is -2.49. The predicted octanol–water partition coefficient (Wildman–Crippen LogP) is 1.79. The first kappa shape index (κ1) is 21.9. The molecule has 0 radical (unpaired) electrons. The third-order valence-electron chi connectivity index (χ3n) is 5.84. The minimum absolute atomic E-state index is 0.114. The second kappa shape index (κ2) is 8.31. The number of rotatable bonds is 4. The van der Waals surface area contributed by atoms with E-state index in [4.69, 9.17) is 0 Å². The van der Waals surface area contributed by atoms with Gasteiger partial charge < -0.3 is 15.3 Å². The summed E-state index contributed by atoms with van der Waals surface area (Å²) in [4.78, 5) is 31.8. The van der Waals surface area contributed by atoms with Gasteiger partial charge in [0.1, 0.15) is 17.8 Å². The lowest BCUT2D eigenvalue weighted by Gasteiger charge is -2.34. The van der Waals surface area contributed by atoms with Crippen molar-refractivity contribution in [2.75, 3.05) is 13.6 Å². The lowest BCUT2D eigenvalue weighted by molar-refractivity contribution is -0.144. The van der Waals surface area contributed by atoms with Gasteiger partial charge in [0.15, 0.2) is 0 Å². The van der Waals surface area contributed by atoms with Crippen LogP contribution in [0.4, 0.5) is 0 Å². The fraction of sp³-hybridized carbons (Fsp3) is 0.435. The average molecular weight is 437 g/mol. The molecular weight excluding hydrogens is 408 g/mol. The Morgan fingerprint density at radius 3 is 2.75 bits per heavy atom. The Morgan fingerprint density at radius 1 is 1.25 bits per heavy atom. The summed E-state index contributed by atoms with van der Waals surface area (Å²) < 4.78 is 1.57. The van der Waals surface area contributed by atoms with Crippen LogP contribution < -0.4 is 5.32 Å². The van der Waals surface area contributed by atoms with Gasteiger partial charge in [0.2, 0.25) is 11.8 Å². The largest absolute Gasteiger partial charge is 0.391 e. The van der Waals surface area contributed by atoms with Crippen LogP contribution in [0.3, 0.4) is 0 Å². The highest BCUT2D eigenvalue weighted by atomic mass is 16.3. The number of likely N-dealkylation sites (N-methyl/N-ethyl adjacent to an activating group) is 1. The van der Waals surface area contributed by atoms with E-state index >= 15 is 0 Å². The van der Waals surface area contributed by atoms with E-state index in [1.54, 1.807) is 17.1 Å². The summed E-state index contributed by atoms with van der Waals surface area (Å²) in [6.07, 6.45) is 2.99. The van der Waals surface area contributed by atoms with Crippen LogP contribution in [0.25, 0.3) is 22.2 Å². The highest BCUT2D eigenvalue weighted by Gasteiger charge is 2.45. The van der Waals surface area contributed by atoms with Crippen LogP contribution in [0.1, 0.15) is 33.2 Å². The van der Waals surface area contributed by atoms with Crippen molar-refractivity contribution in [3.63, 3.8) is 0 Å². The van der Waals surface area contributed by atoms with Crippen LogP contribution >= 0.6 is 0 Å². The zero-order valence-electron chi connectivity index (χ0n) is 18.7. The maximum absolute atomic E-state index is 13.6.